The Morgan fingerprint density at radius 2 is 1.64 bits per heavy atom. The molecule has 0 spiro atoms. The van der Waals surface area contributed by atoms with Crippen LogP contribution in [0.2, 0.25) is 0 Å². The highest BCUT2D eigenvalue weighted by atomic mass is 16.2. The zero-order valence-corrected chi connectivity index (χ0v) is 17.2. The summed E-state index contributed by atoms with van der Waals surface area (Å²) < 4.78 is 0. The number of benzene rings is 2. The van der Waals surface area contributed by atoms with E-state index in [1.54, 1.807) is 0 Å². The fourth-order valence-corrected chi connectivity index (χ4v) is 5.05. The topological polar surface area (TPSA) is 35.6 Å². The smallest absolute Gasteiger partial charge is 0.318 e. The predicted octanol–water partition coefficient (Wildman–Crippen LogP) is 4.95. The quantitative estimate of drug-likeness (QED) is 0.816. The van der Waals surface area contributed by atoms with Gasteiger partial charge in [0.25, 0.3) is 0 Å². The van der Waals surface area contributed by atoms with Gasteiger partial charge in [0.05, 0.1) is 6.04 Å². The van der Waals surface area contributed by atoms with Crippen molar-refractivity contribution in [2.45, 2.75) is 63.6 Å². The minimum Gasteiger partial charge on any atom is -0.331 e. The molecule has 1 saturated heterocycles. The lowest BCUT2D eigenvalue weighted by atomic mass is 9.99. The Hall–Kier alpha value is -2.07. The van der Waals surface area contributed by atoms with E-state index in [9.17, 15) is 4.79 Å². The highest BCUT2D eigenvalue weighted by molar-refractivity contribution is 5.86. The van der Waals surface area contributed by atoms with Crippen LogP contribution < -0.4 is 5.32 Å². The van der Waals surface area contributed by atoms with Crippen LogP contribution in [0.1, 0.15) is 57.1 Å². The Morgan fingerprint density at radius 3 is 2.39 bits per heavy atom. The molecule has 4 heteroatoms. The van der Waals surface area contributed by atoms with Gasteiger partial charge in [0.2, 0.25) is 0 Å². The molecular weight excluding hydrogens is 346 g/mol. The van der Waals surface area contributed by atoms with Gasteiger partial charge in [0.1, 0.15) is 0 Å². The number of fused-ring (bicyclic) bond motifs is 1. The van der Waals surface area contributed by atoms with Gasteiger partial charge in [-0.05, 0) is 69.1 Å². The summed E-state index contributed by atoms with van der Waals surface area (Å²) in [5.41, 5.74) is 1.20. The van der Waals surface area contributed by atoms with E-state index in [1.807, 2.05) is 0 Å². The predicted molar refractivity (Wildman–Crippen MR) is 116 cm³/mol. The van der Waals surface area contributed by atoms with E-state index in [1.165, 1.54) is 29.2 Å². The summed E-state index contributed by atoms with van der Waals surface area (Å²) in [5, 5.41) is 5.80. The summed E-state index contributed by atoms with van der Waals surface area (Å²) in [6.07, 6.45) is 6.98. The van der Waals surface area contributed by atoms with Gasteiger partial charge < -0.3 is 15.1 Å². The van der Waals surface area contributed by atoms with Crippen LogP contribution in [0.3, 0.4) is 0 Å². The number of likely N-dealkylation sites (tertiary alicyclic amines) is 1. The molecule has 150 valence electrons. The van der Waals surface area contributed by atoms with E-state index < -0.39 is 0 Å². The molecule has 1 atom stereocenters. The van der Waals surface area contributed by atoms with Gasteiger partial charge in [-0.2, -0.15) is 0 Å². The van der Waals surface area contributed by atoms with Crippen LogP contribution in [-0.4, -0.2) is 48.1 Å². The lowest BCUT2D eigenvalue weighted by Gasteiger charge is -2.41. The Kier molecular flexibility index (Phi) is 5.86. The van der Waals surface area contributed by atoms with Crippen molar-refractivity contribution in [3.63, 3.8) is 0 Å². The minimum atomic E-state index is -0.00577. The zero-order valence-electron chi connectivity index (χ0n) is 17.2. The van der Waals surface area contributed by atoms with Crippen molar-refractivity contribution in [1.82, 2.24) is 15.1 Å². The van der Waals surface area contributed by atoms with Gasteiger partial charge in [-0.1, -0.05) is 55.3 Å². The summed E-state index contributed by atoms with van der Waals surface area (Å²) in [4.78, 5) is 18.0. The maximum absolute atomic E-state index is 13.4. The van der Waals surface area contributed by atoms with E-state index in [-0.39, 0.29) is 12.1 Å². The van der Waals surface area contributed by atoms with Crippen LogP contribution in [0.25, 0.3) is 10.8 Å². The SMILES string of the molecule is CC(NC(=O)N(C1CCCC1)C1CCN(C)CC1)c1cccc2ccccc12. The first kappa shape index (κ1) is 19.3. The third-order valence-electron chi connectivity index (χ3n) is 6.66. The number of amides is 2. The molecule has 1 N–H and O–H groups in total. The Balaban J connectivity index is 1.53. The number of rotatable bonds is 4. The molecule has 2 aliphatic rings. The largest absolute Gasteiger partial charge is 0.331 e. The number of urea groups is 1. The highest BCUT2D eigenvalue weighted by Crippen LogP contribution is 2.30. The second kappa shape index (κ2) is 8.52. The van der Waals surface area contributed by atoms with Crippen LogP contribution in [0.15, 0.2) is 42.5 Å². The number of nitrogens with one attached hydrogen (secondary N) is 1. The van der Waals surface area contributed by atoms with E-state index >= 15 is 0 Å². The first-order valence-corrected chi connectivity index (χ1v) is 10.9. The van der Waals surface area contributed by atoms with Gasteiger partial charge in [0.15, 0.2) is 0 Å². The number of piperidine rings is 1. The molecule has 1 heterocycles. The van der Waals surface area contributed by atoms with Gasteiger partial charge >= 0.3 is 6.03 Å². The molecule has 1 saturated carbocycles. The lowest BCUT2D eigenvalue weighted by molar-refractivity contribution is 0.102. The second-order valence-corrected chi connectivity index (χ2v) is 8.62. The summed E-state index contributed by atoms with van der Waals surface area (Å²) in [5.74, 6) is 0. The third kappa shape index (κ3) is 4.02. The summed E-state index contributed by atoms with van der Waals surface area (Å²) >= 11 is 0. The monoisotopic (exact) mass is 379 g/mol. The second-order valence-electron chi connectivity index (χ2n) is 8.62. The van der Waals surface area contributed by atoms with E-state index in [0.717, 1.165) is 38.8 Å². The molecule has 0 bridgehead atoms. The average molecular weight is 380 g/mol. The van der Waals surface area contributed by atoms with Gasteiger partial charge in [-0.3, -0.25) is 0 Å². The summed E-state index contributed by atoms with van der Waals surface area (Å²) in [7, 11) is 2.18. The van der Waals surface area contributed by atoms with Crippen LogP contribution in [0, 0.1) is 0 Å². The lowest BCUT2D eigenvalue weighted by Crippen LogP contribution is -2.54. The Labute approximate surface area is 168 Å². The molecule has 2 amide bonds. The fraction of sp³-hybridized carbons (Fsp3) is 0.542. The van der Waals surface area contributed by atoms with Crippen LogP contribution in [-0.2, 0) is 0 Å². The molecule has 2 aromatic carbocycles. The minimum absolute atomic E-state index is 0.00577. The summed E-state index contributed by atoms with van der Waals surface area (Å²) in [6.45, 7) is 4.28. The molecule has 2 aromatic rings. The molecule has 1 unspecified atom stereocenters. The first-order chi connectivity index (χ1) is 13.6. The van der Waals surface area contributed by atoms with Crippen molar-refractivity contribution in [2.75, 3.05) is 20.1 Å². The normalized spacial score (nSPS) is 20.4. The van der Waals surface area contributed by atoms with Crippen molar-refractivity contribution in [3.8, 4) is 0 Å². The van der Waals surface area contributed by atoms with Crippen molar-refractivity contribution in [1.29, 1.82) is 0 Å². The molecular formula is C24H33N3O. The van der Waals surface area contributed by atoms with Gasteiger partial charge in [-0.25, -0.2) is 4.79 Å². The van der Waals surface area contributed by atoms with E-state index in [0.29, 0.717) is 12.1 Å². The molecule has 4 rings (SSSR count). The van der Waals surface area contributed by atoms with Crippen molar-refractivity contribution >= 4 is 16.8 Å². The average Bonchev–Trinajstić information content (AvgIpc) is 3.23. The van der Waals surface area contributed by atoms with Crippen molar-refractivity contribution in [3.05, 3.63) is 48.0 Å². The number of hydrogen-bond acceptors (Lipinski definition) is 2. The molecule has 28 heavy (non-hydrogen) atoms. The molecule has 1 aliphatic heterocycles. The fourth-order valence-electron chi connectivity index (χ4n) is 5.05. The van der Waals surface area contributed by atoms with Crippen LogP contribution >= 0.6 is 0 Å². The Bertz CT molecular complexity index is 801. The van der Waals surface area contributed by atoms with E-state index in [2.05, 4.69) is 71.6 Å². The standard InChI is InChI=1S/C24H33N3O/c1-18(22-13-7-9-19-8-3-6-12-23(19)22)25-24(28)27(20-10-4-5-11-20)21-14-16-26(2)17-15-21/h3,6-9,12-13,18,20-21H,4-5,10-11,14-17H2,1-2H3,(H,25,28). The molecule has 2 fully saturated rings. The van der Waals surface area contributed by atoms with Gasteiger partial charge in [-0.15, -0.1) is 0 Å². The maximum atomic E-state index is 13.4. The van der Waals surface area contributed by atoms with Crippen LogP contribution in [0.4, 0.5) is 4.79 Å². The number of nitrogens with zero attached hydrogens (tertiary/aromatic N) is 2. The first-order valence-electron chi connectivity index (χ1n) is 10.9. The van der Waals surface area contributed by atoms with E-state index in [4.69, 9.17) is 0 Å². The maximum Gasteiger partial charge on any atom is 0.318 e. The molecule has 0 aromatic heterocycles. The number of carbonyl (C=O) groups excluding carboxylic acids is 1. The Morgan fingerprint density at radius 1 is 1.00 bits per heavy atom. The highest BCUT2D eigenvalue weighted by Gasteiger charge is 2.34. The third-order valence-corrected chi connectivity index (χ3v) is 6.66. The van der Waals surface area contributed by atoms with Crippen LogP contribution in [0.5, 0.6) is 0 Å². The molecule has 4 nitrogen and oxygen atoms in total. The molecule has 1 aliphatic carbocycles. The zero-order chi connectivity index (χ0) is 19.5. The van der Waals surface area contributed by atoms with Gasteiger partial charge in [0, 0.05) is 12.1 Å². The summed E-state index contributed by atoms with van der Waals surface area (Å²) in [6, 6.07) is 15.7. The van der Waals surface area contributed by atoms with Crippen molar-refractivity contribution < 1.29 is 4.79 Å². The molecule has 0 radical (unpaired) electrons. The number of hydrogen-bond donors (Lipinski definition) is 1. The van der Waals surface area contributed by atoms with Crippen molar-refractivity contribution in [2.24, 2.45) is 0 Å². The number of carbonyl (C=O) groups is 1.